The predicted molar refractivity (Wildman–Crippen MR) is 88.5 cm³/mol. The second-order valence-corrected chi connectivity index (χ2v) is 6.30. The maximum atomic E-state index is 12.1. The number of amides is 1. The fraction of sp³-hybridized carbons (Fsp3) is 0.333. The Kier molecular flexibility index (Phi) is 4.54. The van der Waals surface area contributed by atoms with E-state index in [2.05, 4.69) is 38.2 Å². The quantitative estimate of drug-likeness (QED) is 0.782. The van der Waals surface area contributed by atoms with Crippen molar-refractivity contribution in [3.63, 3.8) is 0 Å². The van der Waals surface area contributed by atoms with Crippen LogP contribution in [0.5, 0.6) is 0 Å². The smallest absolute Gasteiger partial charge is 0.277 e. The number of nitrogens with zero attached hydrogens (tertiary/aromatic N) is 1. The number of carbonyl (C=O) groups excluding carboxylic acids is 1. The van der Waals surface area contributed by atoms with Gasteiger partial charge in [-0.1, -0.05) is 0 Å². The van der Waals surface area contributed by atoms with Gasteiger partial charge < -0.3 is 15.1 Å². The Balaban J connectivity index is 1.67. The van der Waals surface area contributed by atoms with E-state index in [1.54, 1.807) is 0 Å². The third-order valence-corrected chi connectivity index (χ3v) is 4.26. The second-order valence-electron chi connectivity index (χ2n) is 5.06. The molecule has 21 heavy (non-hydrogen) atoms. The first kappa shape index (κ1) is 14.5. The van der Waals surface area contributed by atoms with Crippen molar-refractivity contribution in [1.29, 1.82) is 0 Å². The lowest BCUT2D eigenvalue weighted by molar-refractivity contribution is 0.102. The molecule has 1 amide bonds. The van der Waals surface area contributed by atoms with Gasteiger partial charge in [0.05, 0.1) is 0 Å². The monoisotopic (exact) mass is 397 g/mol. The van der Waals surface area contributed by atoms with Crippen molar-refractivity contribution in [3.8, 4) is 0 Å². The molecule has 1 aromatic carbocycles. The van der Waals surface area contributed by atoms with Gasteiger partial charge in [0.25, 0.3) is 5.91 Å². The first-order chi connectivity index (χ1) is 10.2. The van der Waals surface area contributed by atoms with E-state index in [4.69, 9.17) is 4.42 Å². The Morgan fingerprint density at radius 3 is 2.71 bits per heavy atom. The molecule has 2 heterocycles. The molecule has 2 N–H and O–H groups in total. The summed E-state index contributed by atoms with van der Waals surface area (Å²) in [5.74, 6) is 0.746. The molecule has 0 spiro atoms. The second kappa shape index (κ2) is 6.57. The number of rotatable bonds is 3. The molecule has 0 atom stereocenters. The van der Waals surface area contributed by atoms with Crippen LogP contribution in [0.2, 0.25) is 0 Å². The number of aromatic nitrogens is 1. The summed E-state index contributed by atoms with van der Waals surface area (Å²) in [5.41, 5.74) is 1.09. The molecule has 0 unspecified atom stereocenters. The number of hydrogen-bond donors (Lipinski definition) is 2. The minimum absolute atomic E-state index is 0.236. The molecule has 3 rings (SSSR count). The van der Waals surface area contributed by atoms with Crippen LogP contribution in [0.3, 0.4) is 0 Å². The van der Waals surface area contributed by atoms with Crippen LogP contribution in [0.1, 0.15) is 35.1 Å². The van der Waals surface area contributed by atoms with Crippen molar-refractivity contribution in [3.05, 3.63) is 45.7 Å². The van der Waals surface area contributed by atoms with E-state index in [1.807, 2.05) is 24.3 Å². The van der Waals surface area contributed by atoms with E-state index in [0.29, 0.717) is 17.5 Å². The molecule has 1 aliphatic heterocycles. The van der Waals surface area contributed by atoms with Crippen molar-refractivity contribution < 1.29 is 9.21 Å². The van der Waals surface area contributed by atoms with Crippen LogP contribution in [0, 0.1) is 3.57 Å². The highest BCUT2D eigenvalue weighted by molar-refractivity contribution is 14.1. The van der Waals surface area contributed by atoms with E-state index < -0.39 is 0 Å². The van der Waals surface area contributed by atoms with Gasteiger partial charge in [0.1, 0.15) is 6.26 Å². The molecule has 5 nitrogen and oxygen atoms in total. The van der Waals surface area contributed by atoms with Crippen LogP contribution in [-0.2, 0) is 0 Å². The SMILES string of the molecule is O=C(Nc1ccc(I)cc1)c1coc(C2CCNCC2)n1. The summed E-state index contributed by atoms with van der Waals surface area (Å²) in [7, 11) is 0. The van der Waals surface area contributed by atoms with Crippen molar-refractivity contribution in [2.45, 2.75) is 18.8 Å². The number of anilines is 1. The molecule has 6 heteroatoms. The first-order valence-electron chi connectivity index (χ1n) is 6.95. The van der Waals surface area contributed by atoms with Crippen LogP contribution in [0.25, 0.3) is 0 Å². The van der Waals surface area contributed by atoms with Gasteiger partial charge in [-0.2, -0.15) is 0 Å². The molecular weight excluding hydrogens is 381 g/mol. The molecule has 1 saturated heterocycles. The first-order valence-corrected chi connectivity index (χ1v) is 8.03. The lowest BCUT2D eigenvalue weighted by atomic mass is 9.98. The number of nitrogens with one attached hydrogen (secondary N) is 2. The minimum Gasteiger partial charge on any atom is -0.448 e. The predicted octanol–water partition coefficient (Wildman–Crippen LogP) is 3.00. The Morgan fingerprint density at radius 1 is 1.29 bits per heavy atom. The molecule has 1 fully saturated rings. The fourth-order valence-corrected chi connectivity index (χ4v) is 2.74. The van der Waals surface area contributed by atoms with Gasteiger partial charge in [0, 0.05) is 15.2 Å². The zero-order valence-electron chi connectivity index (χ0n) is 11.4. The van der Waals surface area contributed by atoms with E-state index in [-0.39, 0.29) is 5.91 Å². The Morgan fingerprint density at radius 2 is 2.00 bits per heavy atom. The van der Waals surface area contributed by atoms with Gasteiger partial charge in [0.15, 0.2) is 11.6 Å². The summed E-state index contributed by atoms with van der Waals surface area (Å²) >= 11 is 2.22. The summed E-state index contributed by atoms with van der Waals surface area (Å²) in [6.07, 6.45) is 3.44. The molecule has 0 saturated carbocycles. The summed E-state index contributed by atoms with van der Waals surface area (Å²) in [5, 5.41) is 6.13. The number of oxazole rings is 1. The Hall–Kier alpha value is -1.41. The molecule has 1 aliphatic rings. The molecule has 0 aliphatic carbocycles. The zero-order chi connectivity index (χ0) is 14.7. The molecule has 1 aromatic heterocycles. The molecular formula is C15H16IN3O2. The molecule has 110 valence electrons. The number of carbonyl (C=O) groups is 1. The lowest BCUT2D eigenvalue weighted by Crippen LogP contribution is -2.26. The number of benzene rings is 1. The molecule has 0 radical (unpaired) electrons. The van der Waals surface area contributed by atoms with Gasteiger partial charge >= 0.3 is 0 Å². The maximum absolute atomic E-state index is 12.1. The van der Waals surface area contributed by atoms with E-state index in [0.717, 1.165) is 35.2 Å². The summed E-state index contributed by atoms with van der Waals surface area (Å²) in [6, 6.07) is 7.62. The molecule has 0 bridgehead atoms. The van der Waals surface area contributed by atoms with Crippen LogP contribution in [0.15, 0.2) is 34.9 Å². The third-order valence-electron chi connectivity index (χ3n) is 3.55. The summed E-state index contributed by atoms with van der Waals surface area (Å²) < 4.78 is 6.61. The van der Waals surface area contributed by atoms with Crippen molar-refractivity contribution in [2.24, 2.45) is 0 Å². The van der Waals surface area contributed by atoms with Crippen LogP contribution < -0.4 is 10.6 Å². The lowest BCUT2D eigenvalue weighted by Gasteiger charge is -2.19. The Bertz CT molecular complexity index is 618. The average molecular weight is 397 g/mol. The van der Waals surface area contributed by atoms with E-state index in [9.17, 15) is 4.79 Å². The standard InChI is InChI=1S/C15H16IN3O2/c16-11-1-3-12(4-2-11)18-14(20)13-9-21-15(19-13)10-5-7-17-8-6-10/h1-4,9-10,17H,5-8H2,(H,18,20). The fourth-order valence-electron chi connectivity index (χ4n) is 2.38. The van der Waals surface area contributed by atoms with Crippen LogP contribution >= 0.6 is 22.6 Å². The maximum Gasteiger partial charge on any atom is 0.277 e. The van der Waals surface area contributed by atoms with E-state index >= 15 is 0 Å². The average Bonchev–Trinajstić information content (AvgIpc) is 3.00. The van der Waals surface area contributed by atoms with Gasteiger partial charge in [-0.05, 0) is 72.8 Å². The zero-order valence-corrected chi connectivity index (χ0v) is 13.6. The third kappa shape index (κ3) is 3.62. The minimum atomic E-state index is -0.236. The summed E-state index contributed by atoms with van der Waals surface area (Å²) in [6.45, 7) is 1.94. The van der Waals surface area contributed by atoms with E-state index in [1.165, 1.54) is 6.26 Å². The van der Waals surface area contributed by atoms with Crippen LogP contribution in [-0.4, -0.2) is 24.0 Å². The van der Waals surface area contributed by atoms with Gasteiger partial charge in [-0.3, -0.25) is 4.79 Å². The Labute approximate surface area is 136 Å². The number of halogens is 1. The number of hydrogen-bond acceptors (Lipinski definition) is 4. The van der Waals surface area contributed by atoms with Crippen molar-refractivity contribution in [1.82, 2.24) is 10.3 Å². The van der Waals surface area contributed by atoms with Crippen molar-refractivity contribution in [2.75, 3.05) is 18.4 Å². The normalized spacial score (nSPS) is 15.9. The topological polar surface area (TPSA) is 67.2 Å². The van der Waals surface area contributed by atoms with Gasteiger partial charge in [0.2, 0.25) is 0 Å². The highest BCUT2D eigenvalue weighted by Crippen LogP contribution is 2.24. The number of piperidine rings is 1. The largest absolute Gasteiger partial charge is 0.448 e. The summed E-state index contributed by atoms with van der Waals surface area (Å²) in [4.78, 5) is 16.5. The molecule has 2 aromatic rings. The highest BCUT2D eigenvalue weighted by atomic mass is 127. The van der Waals surface area contributed by atoms with Gasteiger partial charge in [-0.25, -0.2) is 4.98 Å². The van der Waals surface area contributed by atoms with Crippen molar-refractivity contribution >= 4 is 34.2 Å². The highest BCUT2D eigenvalue weighted by Gasteiger charge is 2.21. The van der Waals surface area contributed by atoms with Gasteiger partial charge in [-0.15, -0.1) is 0 Å². The van der Waals surface area contributed by atoms with Crippen LogP contribution in [0.4, 0.5) is 5.69 Å².